The SMILES string of the molecule is COc1cccc([C@H]2C[C@@H](O)CN2C(=O)COCc2ccccc2)c1. The van der Waals surface area contributed by atoms with Gasteiger partial charge >= 0.3 is 0 Å². The molecule has 5 heteroatoms. The third-order valence-electron chi connectivity index (χ3n) is 4.42. The number of hydrogen-bond donors (Lipinski definition) is 1. The molecule has 0 aliphatic carbocycles. The van der Waals surface area contributed by atoms with Crippen molar-refractivity contribution in [2.24, 2.45) is 0 Å². The van der Waals surface area contributed by atoms with Crippen LogP contribution in [0.25, 0.3) is 0 Å². The molecule has 1 heterocycles. The van der Waals surface area contributed by atoms with Gasteiger partial charge in [0, 0.05) is 6.54 Å². The Kier molecular flexibility index (Phi) is 5.68. The normalized spacial score (nSPS) is 19.8. The molecule has 0 saturated carbocycles. The standard InChI is InChI=1S/C20H23NO4/c1-24-18-9-5-8-16(10-18)19-11-17(22)12-21(19)20(23)14-25-13-15-6-3-2-4-7-15/h2-10,17,19,22H,11-14H2,1H3/t17-,19-/m1/s1. The molecule has 0 radical (unpaired) electrons. The summed E-state index contributed by atoms with van der Waals surface area (Å²) in [6.45, 7) is 0.726. The molecule has 2 aromatic carbocycles. The Balaban J connectivity index is 1.63. The number of hydrogen-bond acceptors (Lipinski definition) is 4. The molecule has 1 fully saturated rings. The zero-order valence-electron chi connectivity index (χ0n) is 14.3. The van der Waals surface area contributed by atoms with Crippen molar-refractivity contribution < 1.29 is 19.4 Å². The number of amides is 1. The molecule has 5 nitrogen and oxygen atoms in total. The maximum atomic E-state index is 12.6. The Morgan fingerprint density at radius 3 is 2.76 bits per heavy atom. The fourth-order valence-electron chi connectivity index (χ4n) is 3.17. The van der Waals surface area contributed by atoms with E-state index in [1.54, 1.807) is 12.0 Å². The number of rotatable bonds is 6. The van der Waals surface area contributed by atoms with E-state index < -0.39 is 6.10 Å². The molecular weight excluding hydrogens is 318 g/mol. The molecule has 0 spiro atoms. The van der Waals surface area contributed by atoms with Crippen molar-refractivity contribution in [3.05, 3.63) is 65.7 Å². The molecule has 0 aromatic heterocycles. The Bertz CT molecular complexity index is 704. The minimum absolute atomic E-state index is 0.00207. The summed E-state index contributed by atoms with van der Waals surface area (Å²) < 4.78 is 10.8. The summed E-state index contributed by atoms with van der Waals surface area (Å²) in [7, 11) is 1.61. The van der Waals surface area contributed by atoms with Crippen LogP contribution < -0.4 is 4.74 Å². The number of aliphatic hydroxyl groups is 1. The molecule has 1 saturated heterocycles. The van der Waals surface area contributed by atoms with Gasteiger partial charge in [0.1, 0.15) is 12.4 Å². The average Bonchev–Trinajstić information content (AvgIpc) is 3.04. The first-order chi connectivity index (χ1) is 12.2. The Morgan fingerprint density at radius 1 is 1.20 bits per heavy atom. The lowest BCUT2D eigenvalue weighted by Gasteiger charge is -2.25. The minimum Gasteiger partial charge on any atom is -0.497 e. The number of ether oxygens (including phenoxy) is 2. The number of methoxy groups -OCH3 is 1. The minimum atomic E-state index is -0.519. The molecule has 1 N–H and O–H groups in total. The predicted molar refractivity (Wildman–Crippen MR) is 94.2 cm³/mol. The summed E-state index contributed by atoms with van der Waals surface area (Å²) in [5.41, 5.74) is 1.99. The van der Waals surface area contributed by atoms with E-state index in [0.717, 1.165) is 16.9 Å². The van der Waals surface area contributed by atoms with Crippen molar-refractivity contribution >= 4 is 5.91 Å². The number of aliphatic hydroxyl groups excluding tert-OH is 1. The highest BCUT2D eigenvalue weighted by atomic mass is 16.5. The van der Waals surface area contributed by atoms with Crippen molar-refractivity contribution in [3.63, 3.8) is 0 Å². The van der Waals surface area contributed by atoms with Crippen LogP contribution in [0.5, 0.6) is 5.75 Å². The quantitative estimate of drug-likeness (QED) is 0.877. The summed E-state index contributed by atoms with van der Waals surface area (Å²) in [5.74, 6) is 0.631. The molecule has 2 atom stereocenters. The molecule has 0 unspecified atom stereocenters. The van der Waals surface area contributed by atoms with Crippen molar-refractivity contribution in [2.45, 2.75) is 25.2 Å². The van der Waals surface area contributed by atoms with Crippen molar-refractivity contribution in [1.29, 1.82) is 0 Å². The van der Waals surface area contributed by atoms with Crippen LogP contribution in [-0.2, 0) is 16.1 Å². The summed E-state index contributed by atoms with van der Waals surface area (Å²) in [5, 5.41) is 10.0. The highest BCUT2D eigenvalue weighted by Crippen LogP contribution is 2.33. The number of likely N-dealkylation sites (tertiary alicyclic amines) is 1. The van der Waals surface area contributed by atoms with Crippen molar-refractivity contribution in [1.82, 2.24) is 4.90 Å². The van der Waals surface area contributed by atoms with Crippen LogP contribution in [0.4, 0.5) is 0 Å². The smallest absolute Gasteiger partial charge is 0.249 e. The zero-order chi connectivity index (χ0) is 17.6. The first-order valence-corrected chi connectivity index (χ1v) is 8.40. The van der Waals surface area contributed by atoms with Crippen LogP contribution in [0.15, 0.2) is 54.6 Å². The Labute approximate surface area is 147 Å². The number of carbonyl (C=O) groups excluding carboxylic acids is 1. The lowest BCUT2D eigenvalue weighted by molar-refractivity contribution is -0.137. The van der Waals surface area contributed by atoms with Crippen LogP contribution in [0.2, 0.25) is 0 Å². The van der Waals surface area contributed by atoms with Crippen LogP contribution in [-0.4, -0.2) is 42.3 Å². The Hall–Kier alpha value is -2.37. The molecule has 1 aliphatic heterocycles. The summed E-state index contributed by atoms with van der Waals surface area (Å²) in [6.07, 6.45) is 0.00620. The lowest BCUT2D eigenvalue weighted by atomic mass is 10.0. The lowest BCUT2D eigenvalue weighted by Crippen LogP contribution is -2.34. The largest absolute Gasteiger partial charge is 0.497 e. The van der Waals surface area contributed by atoms with E-state index in [0.29, 0.717) is 19.6 Å². The first kappa shape index (κ1) is 17.5. The monoisotopic (exact) mass is 341 g/mol. The summed E-state index contributed by atoms with van der Waals surface area (Å²) >= 11 is 0. The van der Waals surface area contributed by atoms with Gasteiger partial charge in [-0.25, -0.2) is 0 Å². The van der Waals surface area contributed by atoms with Gasteiger partial charge in [0.25, 0.3) is 0 Å². The third kappa shape index (κ3) is 4.38. The zero-order valence-corrected chi connectivity index (χ0v) is 14.3. The average molecular weight is 341 g/mol. The second-order valence-electron chi connectivity index (χ2n) is 6.21. The van der Waals surface area contributed by atoms with Crippen molar-refractivity contribution in [3.8, 4) is 5.75 Å². The highest BCUT2D eigenvalue weighted by molar-refractivity contribution is 5.78. The molecule has 1 aliphatic rings. The molecule has 0 bridgehead atoms. The van der Waals surface area contributed by atoms with Gasteiger partial charge in [-0.2, -0.15) is 0 Å². The second-order valence-corrected chi connectivity index (χ2v) is 6.21. The second kappa shape index (κ2) is 8.14. The van der Waals surface area contributed by atoms with E-state index in [4.69, 9.17) is 9.47 Å². The number of nitrogens with zero attached hydrogens (tertiary/aromatic N) is 1. The highest BCUT2D eigenvalue weighted by Gasteiger charge is 2.35. The molecule has 2 aromatic rings. The summed E-state index contributed by atoms with van der Waals surface area (Å²) in [4.78, 5) is 14.3. The number of carbonyl (C=O) groups is 1. The van der Waals surface area contributed by atoms with Crippen LogP contribution in [0.1, 0.15) is 23.6 Å². The molecular formula is C20H23NO4. The third-order valence-corrected chi connectivity index (χ3v) is 4.42. The maximum Gasteiger partial charge on any atom is 0.249 e. The Morgan fingerprint density at radius 2 is 2.00 bits per heavy atom. The first-order valence-electron chi connectivity index (χ1n) is 8.40. The van der Waals surface area contributed by atoms with Crippen LogP contribution >= 0.6 is 0 Å². The van der Waals surface area contributed by atoms with E-state index in [1.807, 2.05) is 54.6 Å². The van der Waals surface area contributed by atoms with Gasteiger partial charge in [-0.15, -0.1) is 0 Å². The van der Waals surface area contributed by atoms with Gasteiger partial charge in [-0.05, 0) is 29.7 Å². The van der Waals surface area contributed by atoms with Gasteiger partial charge in [-0.1, -0.05) is 42.5 Å². The van der Waals surface area contributed by atoms with E-state index in [2.05, 4.69) is 0 Å². The van der Waals surface area contributed by atoms with Gasteiger partial charge in [0.2, 0.25) is 5.91 Å². The van der Waals surface area contributed by atoms with Crippen LogP contribution in [0, 0.1) is 0 Å². The summed E-state index contributed by atoms with van der Waals surface area (Å²) in [6, 6.07) is 17.2. The van der Waals surface area contributed by atoms with Gasteiger partial charge in [-0.3, -0.25) is 4.79 Å². The van der Waals surface area contributed by atoms with Crippen LogP contribution in [0.3, 0.4) is 0 Å². The van der Waals surface area contributed by atoms with Gasteiger partial charge in [0.05, 0.1) is 25.9 Å². The molecule has 3 rings (SSSR count). The predicted octanol–water partition coefficient (Wildman–Crippen LogP) is 2.55. The van der Waals surface area contributed by atoms with E-state index in [-0.39, 0.29) is 18.6 Å². The number of β-amino-alcohol motifs (C(OH)–C–C–N with tert-alkyl or cyclic N) is 1. The van der Waals surface area contributed by atoms with E-state index in [9.17, 15) is 9.90 Å². The molecule has 1 amide bonds. The van der Waals surface area contributed by atoms with Gasteiger partial charge in [0.15, 0.2) is 0 Å². The maximum absolute atomic E-state index is 12.6. The van der Waals surface area contributed by atoms with E-state index in [1.165, 1.54) is 0 Å². The van der Waals surface area contributed by atoms with E-state index >= 15 is 0 Å². The van der Waals surface area contributed by atoms with Gasteiger partial charge < -0.3 is 19.5 Å². The molecule has 25 heavy (non-hydrogen) atoms. The molecule has 132 valence electrons. The number of benzene rings is 2. The topological polar surface area (TPSA) is 59.0 Å². The fourth-order valence-corrected chi connectivity index (χ4v) is 3.17. The fraction of sp³-hybridized carbons (Fsp3) is 0.350. The van der Waals surface area contributed by atoms with Crippen molar-refractivity contribution in [2.75, 3.05) is 20.3 Å².